The Kier molecular flexibility index (Phi) is 6.94. The number of halogens is 1. The smallest absolute Gasteiger partial charge is 0.306 e. The van der Waals surface area contributed by atoms with Gasteiger partial charge < -0.3 is 23.6 Å². The molecule has 0 heterocycles. The lowest BCUT2D eigenvalue weighted by molar-refractivity contribution is 0.386. The Morgan fingerprint density at radius 1 is 0.765 bits per heavy atom. The van der Waals surface area contributed by atoms with Gasteiger partial charge in [0.1, 0.15) is 17.3 Å². The van der Waals surface area contributed by atoms with Gasteiger partial charge in [0.2, 0.25) is 0 Å². The molecule has 0 fully saturated rings. The maximum atomic E-state index is 14.2. The minimum Gasteiger partial charge on any atom is -0.496 e. The van der Waals surface area contributed by atoms with Gasteiger partial charge >= 0.3 is 20.2 Å². The Morgan fingerprint density at radius 2 is 1.35 bits per heavy atom. The van der Waals surface area contributed by atoms with Crippen LogP contribution in [0, 0.1) is 5.82 Å². The van der Waals surface area contributed by atoms with E-state index in [0.717, 1.165) is 18.6 Å². The summed E-state index contributed by atoms with van der Waals surface area (Å²) in [6, 6.07) is 11.4. The molecule has 0 unspecified atom stereocenters. The Labute approximate surface area is 197 Å². The van der Waals surface area contributed by atoms with Crippen molar-refractivity contribution >= 4 is 25.9 Å². The normalized spacial score (nSPS) is 11.7. The fourth-order valence-corrected chi connectivity index (χ4v) is 4.17. The second-order valence-corrected chi connectivity index (χ2v) is 10.3. The maximum absolute atomic E-state index is 14.2. The van der Waals surface area contributed by atoms with Crippen molar-refractivity contribution in [2.75, 3.05) is 32.5 Å². The molecule has 9 nitrogen and oxygen atoms in total. The summed E-state index contributed by atoms with van der Waals surface area (Å²) < 4.78 is 82.3. The lowest BCUT2D eigenvalue weighted by Crippen LogP contribution is -2.09. The number of hydrogen-bond acceptors (Lipinski definition) is 9. The van der Waals surface area contributed by atoms with E-state index in [0.29, 0.717) is 11.1 Å². The predicted molar refractivity (Wildman–Crippen MR) is 126 cm³/mol. The first-order valence-electron chi connectivity index (χ1n) is 9.56. The van der Waals surface area contributed by atoms with Crippen molar-refractivity contribution in [2.24, 2.45) is 0 Å². The van der Waals surface area contributed by atoms with Crippen LogP contribution in [0.2, 0.25) is 0 Å². The van der Waals surface area contributed by atoms with Gasteiger partial charge in [0, 0.05) is 5.56 Å². The van der Waals surface area contributed by atoms with E-state index in [-0.39, 0.29) is 39.8 Å². The van der Waals surface area contributed by atoms with Crippen LogP contribution in [-0.2, 0) is 20.2 Å². The van der Waals surface area contributed by atoms with Crippen LogP contribution in [0.25, 0.3) is 22.3 Å². The number of nitrogen functional groups attached to an aromatic ring is 1. The summed E-state index contributed by atoms with van der Waals surface area (Å²) in [5, 5.41) is 0. The van der Waals surface area contributed by atoms with Crippen LogP contribution >= 0.6 is 0 Å². The molecule has 0 amide bonds. The Morgan fingerprint density at radius 3 is 1.85 bits per heavy atom. The third-order valence-electron chi connectivity index (χ3n) is 4.56. The molecule has 0 atom stereocenters. The zero-order chi connectivity index (χ0) is 25.3. The van der Waals surface area contributed by atoms with Crippen LogP contribution in [0.3, 0.4) is 0 Å². The lowest BCUT2D eigenvalue weighted by atomic mass is 9.96. The molecule has 0 saturated heterocycles. The third kappa shape index (κ3) is 5.69. The number of ether oxygens (including phenoxy) is 2. The molecule has 0 radical (unpaired) electrons. The Hall–Kier alpha value is -3.51. The van der Waals surface area contributed by atoms with Crippen molar-refractivity contribution in [2.45, 2.75) is 0 Å². The maximum Gasteiger partial charge on any atom is 0.306 e. The summed E-state index contributed by atoms with van der Waals surface area (Å²) in [5.74, 6) is -0.668. The summed E-state index contributed by atoms with van der Waals surface area (Å²) in [6.45, 7) is 0. The number of rotatable bonds is 8. The first kappa shape index (κ1) is 25.1. The zero-order valence-corrected chi connectivity index (χ0v) is 20.3. The highest BCUT2D eigenvalue weighted by Crippen LogP contribution is 2.51. The molecule has 3 aromatic carbocycles. The second-order valence-electron chi connectivity index (χ2n) is 7.20. The molecule has 0 bridgehead atoms. The molecule has 0 aromatic heterocycles. The van der Waals surface area contributed by atoms with Crippen molar-refractivity contribution in [3.63, 3.8) is 0 Å². The number of methoxy groups -OCH3 is 2. The number of benzene rings is 3. The van der Waals surface area contributed by atoms with E-state index >= 15 is 0 Å². The van der Waals surface area contributed by atoms with Gasteiger partial charge in [0.15, 0.2) is 11.5 Å². The van der Waals surface area contributed by atoms with Gasteiger partial charge in [-0.25, -0.2) is 4.39 Å². The molecule has 2 N–H and O–H groups in total. The molecule has 0 aliphatic carbocycles. The van der Waals surface area contributed by atoms with E-state index in [1.54, 1.807) is 18.2 Å². The minimum absolute atomic E-state index is 0.0234. The van der Waals surface area contributed by atoms with Crippen molar-refractivity contribution in [3.05, 3.63) is 54.3 Å². The van der Waals surface area contributed by atoms with Crippen LogP contribution < -0.4 is 23.6 Å². The van der Waals surface area contributed by atoms with Gasteiger partial charge in [-0.15, -0.1) is 0 Å². The van der Waals surface area contributed by atoms with Crippen LogP contribution in [0.4, 0.5) is 10.1 Å². The molecule has 0 saturated carbocycles. The molecule has 3 aromatic rings. The van der Waals surface area contributed by atoms with Gasteiger partial charge in [0.05, 0.1) is 38.0 Å². The summed E-state index contributed by atoms with van der Waals surface area (Å²) in [7, 11) is -5.10. The minimum atomic E-state index is -4.05. The topological polar surface area (TPSA) is 131 Å². The lowest BCUT2D eigenvalue weighted by Gasteiger charge is -2.20. The van der Waals surface area contributed by atoms with E-state index in [2.05, 4.69) is 0 Å². The van der Waals surface area contributed by atoms with Crippen molar-refractivity contribution < 1.29 is 39.1 Å². The highest BCUT2D eigenvalue weighted by molar-refractivity contribution is 7.86. The van der Waals surface area contributed by atoms with Crippen LogP contribution in [0.15, 0.2) is 48.5 Å². The summed E-state index contributed by atoms with van der Waals surface area (Å²) in [6.07, 6.45) is 1.78. The van der Waals surface area contributed by atoms with Crippen LogP contribution in [0.5, 0.6) is 23.0 Å². The van der Waals surface area contributed by atoms with Crippen molar-refractivity contribution in [3.8, 4) is 45.3 Å². The standard InChI is InChI=1S/C22H22FNO8S2/c1-29-19-12-16(13-5-8-15(9-6-13)31-33(3,25)26)21(30-2)22(32-34(4,27)28)20(19)14-7-10-18(24)17(23)11-14/h5-12H,24H2,1-4H3. The monoisotopic (exact) mass is 511 g/mol. The van der Waals surface area contributed by atoms with Gasteiger partial charge in [-0.3, -0.25) is 0 Å². The van der Waals surface area contributed by atoms with Gasteiger partial charge in [-0.1, -0.05) is 18.2 Å². The average Bonchev–Trinajstić information content (AvgIpc) is 2.73. The largest absolute Gasteiger partial charge is 0.496 e. The summed E-state index contributed by atoms with van der Waals surface area (Å²) >= 11 is 0. The Bertz CT molecular complexity index is 1440. The van der Waals surface area contributed by atoms with Crippen molar-refractivity contribution in [1.82, 2.24) is 0 Å². The molecule has 12 heteroatoms. The molecule has 0 aliphatic heterocycles. The van der Waals surface area contributed by atoms with Crippen molar-refractivity contribution in [1.29, 1.82) is 0 Å². The van der Waals surface area contributed by atoms with E-state index in [1.165, 1.54) is 38.5 Å². The highest BCUT2D eigenvalue weighted by Gasteiger charge is 2.26. The second kappa shape index (κ2) is 9.39. The quantitative estimate of drug-likeness (QED) is 0.357. The third-order valence-corrected chi connectivity index (χ3v) is 5.53. The van der Waals surface area contributed by atoms with E-state index in [1.807, 2.05) is 0 Å². The fourth-order valence-electron chi connectivity index (χ4n) is 3.25. The van der Waals surface area contributed by atoms with Crippen LogP contribution in [-0.4, -0.2) is 43.6 Å². The highest BCUT2D eigenvalue weighted by atomic mass is 32.2. The van der Waals surface area contributed by atoms with E-state index in [9.17, 15) is 21.2 Å². The van der Waals surface area contributed by atoms with Gasteiger partial charge in [-0.2, -0.15) is 16.8 Å². The molecule has 182 valence electrons. The first-order valence-corrected chi connectivity index (χ1v) is 13.2. The predicted octanol–water partition coefficient (Wildman–Crippen LogP) is 3.44. The number of hydrogen-bond donors (Lipinski definition) is 1. The molecular formula is C22H22FNO8S2. The summed E-state index contributed by atoms with van der Waals surface area (Å²) in [4.78, 5) is 0. The van der Waals surface area contributed by atoms with Gasteiger partial charge in [-0.05, 0) is 41.5 Å². The molecule has 0 aliphatic rings. The van der Waals surface area contributed by atoms with E-state index < -0.39 is 26.1 Å². The zero-order valence-electron chi connectivity index (χ0n) is 18.7. The fraction of sp³-hybridized carbons (Fsp3) is 0.182. The Balaban J connectivity index is 2.30. The van der Waals surface area contributed by atoms with Crippen LogP contribution in [0.1, 0.15) is 0 Å². The van der Waals surface area contributed by atoms with Gasteiger partial charge in [0.25, 0.3) is 0 Å². The SMILES string of the molecule is COc1cc(-c2ccc(OS(C)(=O)=O)cc2)c(OC)c(OS(C)(=O)=O)c1-c1ccc(N)c(F)c1. The number of nitrogens with two attached hydrogens (primary N) is 1. The first-order chi connectivity index (χ1) is 15.8. The summed E-state index contributed by atoms with van der Waals surface area (Å²) in [5.41, 5.74) is 6.73. The molecule has 34 heavy (non-hydrogen) atoms. The molecule has 3 rings (SSSR count). The number of anilines is 1. The average molecular weight is 512 g/mol. The molecular weight excluding hydrogens is 489 g/mol. The molecule has 0 spiro atoms. The van der Waals surface area contributed by atoms with E-state index in [4.69, 9.17) is 23.6 Å².